The van der Waals surface area contributed by atoms with Crippen LogP contribution in [-0.4, -0.2) is 77.7 Å². The topological polar surface area (TPSA) is 106 Å². The van der Waals surface area contributed by atoms with Crippen LogP contribution < -0.4 is 0 Å². The van der Waals surface area contributed by atoms with Crippen LogP contribution in [0.15, 0.2) is 54.6 Å². The van der Waals surface area contributed by atoms with E-state index < -0.39 is 35.2 Å². The van der Waals surface area contributed by atoms with Gasteiger partial charge >= 0.3 is 18.2 Å². The van der Waals surface area contributed by atoms with Gasteiger partial charge in [0, 0.05) is 38.6 Å². The molecule has 0 bridgehead atoms. The zero-order valence-electron chi connectivity index (χ0n) is 26.4. The van der Waals surface area contributed by atoms with Crippen molar-refractivity contribution in [2.45, 2.75) is 78.8 Å². The van der Waals surface area contributed by atoms with Crippen LogP contribution in [0.2, 0.25) is 0 Å². The zero-order chi connectivity index (χ0) is 31.8. The van der Waals surface area contributed by atoms with Crippen LogP contribution in [0, 0.1) is 5.41 Å². The van der Waals surface area contributed by atoms with Gasteiger partial charge in [-0.25, -0.2) is 14.4 Å². The van der Waals surface area contributed by atoms with Gasteiger partial charge in [0.1, 0.15) is 18.2 Å². The second kappa shape index (κ2) is 14.4. The highest BCUT2D eigenvalue weighted by Gasteiger charge is 2.43. The third-order valence-corrected chi connectivity index (χ3v) is 7.69. The number of likely N-dealkylation sites (tertiary alicyclic amines) is 1. The number of amides is 3. The summed E-state index contributed by atoms with van der Waals surface area (Å²) in [6.07, 6.45) is -0.0414. The molecule has 2 aromatic rings. The fourth-order valence-corrected chi connectivity index (χ4v) is 4.95. The van der Waals surface area contributed by atoms with Crippen molar-refractivity contribution in [3.8, 4) is 0 Å². The predicted octanol–water partition coefficient (Wildman–Crippen LogP) is 5.38. The summed E-state index contributed by atoms with van der Waals surface area (Å²) in [5, 5.41) is 0. The van der Waals surface area contributed by atoms with Gasteiger partial charge in [0.05, 0.1) is 7.11 Å². The van der Waals surface area contributed by atoms with Gasteiger partial charge in [-0.2, -0.15) is 0 Å². The molecule has 43 heavy (non-hydrogen) atoms. The van der Waals surface area contributed by atoms with Crippen LogP contribution in [0.25, 0.3) is 0 Å². The van der Waals surface area contributed by atoms with Crippen molar-refractivity contribution in [1.82, 2.24) is 14.7 Å². The molecule has 1 aliphatic rings. The molecule has 0 radical (unpaired) electrons. The van der Waals surface area contributed by atoms with Crippen molar-refractivity contribution in [3.05, 3.63) is 71.3 Å². The number of ether oxygens (including phenoxy) is 3. The molecule has 0 spiro atoms. The standard InChI is InChI=1S/C33H45N3O7/c1-24(28(37)41-7)36(22-27-16-12-11-15-26(27)21-34(6)30(39)43-32(2,3)4)29(38)33(5)17-19-35(20-18-33)31(40)42-23-25-13-9-8-10-14-25/h8-16,24H,17-23H2,1-7H3/t24-/m1/s1. The Bertz CT molecular complexity index is 1270. The first kappa shape index (κ1) is 33.4. The molecule has 10 nitrogen and oxygen atoms in total. The molecule has 0 unspecified atom stereocenters. The number of carbonyl (C=O) groups is 4. The first-order valence-electron chi connectivity index (χ1n) is 14.6. The van der Waals surface area contributed by atoms with E-state index in [0.29, 0.717) is 25.9 Å². The van der Waals surface area contributed by atoms with Crippen LogP contribution >= 0.6 is 0 Å². The lowest BCUT2D eigenvalue weighted by molar-refractivity contribution is -0.158. The molecule has 3 amide bonds. The number of rotatable bonds is 9. The smallest absolute Gasteiger partial charge is 0.410 e. The van der Waals surface area contributed by atoms with Gasteiger partial charge in [-0.05, 0) is 57.2 Å². The fourth-order valence-electron chi connectivity index (χ4n) is 4.95. The maximum absolute atomic E-state index is 14.2. The van der Waals surface area contributed by atoms with Crippen LogP contribution in [0.1, 0.15) is 64.2 Å². The van der Waals surface area contributed by atoms with Crippen molar-refractivity contribution in [2.24, 2.45) is 5.41 Å². The molecule has 1 atom stereocenters. The second-order valence-electron chi connectivity index (χ2n) is 12.3. The number of benzene rings is 2. The van der Waals surface area contributed by atoms with E-state index in [1.54, 1.807) is 23.8 Å². The van der Waals surface area contributed by atoms with E-state index in [9.17, 15) is 19.2 Å². The Morgan fingerprint density at radius 2 is 1.49 bits per heavy atom. The number of piperidine rings is 1. The Balaban J connectivity index is 1.74. The minimum atomic E-state index is -0.847. The molecule has 1 saturated heterocycles. The van der Waals surface area contributed by atoms with E-state index in [1.807, 2.05) is 82.3 Å². The normalized spacial score (nSPS) is 15.2. The van der Waals surface area contributed by atoms with Crippen molar-refractivity contribution >= 4 is 24.1 Å². The van der Waals surface area contributed by atoms with Crippen LogP contribution in [0.5, 0.6) is 0 Å². The van der Waals surface area contributed by atoms with Crippen LogP contribution in [0.3, 0.4) is 0 Å². The third-order valence-electron chi connectivity index (χ3n) is 7.69. The highest BCUT2D eigenvalue weighted by atomic mass is 16.6. The minimum Gasteiger partial charge on any atom is -0.467 e. The summed E-state index contributed by atoms with van der Waals surface area (Å²) in [5.74, 6) is -0.722. The molecule has 2 aromatic carbocycles. The minimum absolute atomic E-state index is 0.145. The molecule has 0 aromatic heterocycles. The quantitative estimate of drug-likeness (QED) is 0.283. The average Bonchev–Trinajstić information content (AvgIpc) is 2.98. The first-order valence-corrected chi connectivity index (χ1v) is 14.6. The highest BCUT2D eigenvalue weighted by Crippen LogP contribution is 2.35. The molecule has 3 rings (SSSR count). The summed E-state index contributed by atoms with van der Waals surface area (Å²) in [6.45, 7) is 10.2. The molecular weight excluding hydrogens is 550 g/mol. The number of methoxy groups -OCH3 is 1. The molecule has 0 saturated carbocycles. The van der Waals surface area contributed by atoms with E-state index >= 15 is 0 Å². The second-order valence-corrected chi connectivity index (χ2v) is 12.3. The molecule has 0 aliphatic carbocycles. The number of nitrogens with zero attached hydrogens (tertiary/aromatic N) is 3. The largest absolute Gasteiger partial charge is 0.467 e. The summed E-state index contributed by atoms with van der Waals surface area (Å²) in [6, 6.07) is 16.1. The molecular formula is C33H45N3O7. The van der Waals surface area contributed by atoms with Gasteiger partial charge in [-0.15, -0.1) is 0 Å². The van der Waals surface area contributed by atoms with Gasteiger partial charge in [0.15, 0.2) is 0 Å². The Labute approximate surface area is 254 Å². The van der Waals surface area contributed by atoms with E-state index in [4.69, 9.17) is 14.2 Å². The zero-order valence-corrected chi connectivity index (χ0v) is 26.4. The predicted molar refractivity (Wildman–Crippen MR) is 162 cm³/mol. The van der Waals surface area contributed by atoms with Gasteiger partial charge < -0.3 is 28.9 Å². The van der Waals surface area contributed by atoms with Gasteiger partial charge in [0.25, 0.3) is 0 Å². The summed E-state index contributed by atoms with van der Waals surface area (Å²) >= 11 is 0. The summed E-state index contributed by atoms with van der Waals surface area (Å²) in [4.78, 5) is 56.9. The molecule has 1 aliphatic heterocycles. The Kier molecular flexibility index (Phi) is 11.2. The van der Waals surface area contributed by atoms with Crippen molar-refractivity contribution in [3.63, 3.8) is 0 Å². The first-order chi connectivity index (χ1) is 20.2. The number of carbonyl (C=O) groups excluding carboxylic acids is 4. The SMILES string of the molecule is COC(=O)[C@@H](C)N(Cc1ccccc1CN(C)C(=O)OC(C)(C)C)C(=O)C1(C)CCN(C(=O)OCc2ccccc2)CC1. The number of hydrogen-bond donors (Lipinski definition) is 0. The van der Waals surface area contributed by atoms with Crippen molar-refractivity contribution in [1.29, 1.82) is 0 Å². The van der Waals surface area contributed by atoms with E-state index in [2.05, 4.69) is 0 Å². The van der Waals surface area contributed by atoms with E-state index in [-0.39, 0.29) is 25.6 Å². The molecule has 0 N–H and O–H groups in total. The fraction of sp³-hybridized carbons (Fsp3) is 0.515. The monoisotopic (exact) mass is 595 g/mol. The molecule has 1 heterocycles. The van der Waals surface area contributed by atoms with Crippen molar-refractivity contribution < 1.29 is 33.4 Å². The maximum Gasteiger partial charge on any atom is 0.410 e. The number of esters is 1. The van der Waals surface area contributed by atoms with E-state index in [1.165, 1.54) is 12.0 Å². The average molecular weight is 596 g/mol. The Hall–Kier alpha value is -4.08. The Morgan fingerprint density at radius 1 is 0.930 bits per heavy atom. The third kappa shape index (κ3) is 9.20. The highest BCUT2D eigenvalue weighted by molar-refractivity contribution is 5.88. The van der Waals surface area contributed by atoms with Gasteiger partial charge in [0.2, 0.25) is 5.91 Å². The van der Waals surface area contributed by atoms with Gasteiger partial charge in [-0.1, -0.05) is 61.5 Å². The lowest BCUT2D eigenvalue weighted by Gasteiger charge is -2.42. The Morgan fingerprint density at radius 3 is 2.05 bits per heavy atom. The van der Waals surface area contributed by atoms with Crippen molar-refractivity contribution in [2.75, 3.05) is 27.2 Å². The van der Waals surface area contributed by atoms with Crippen LogP contribution in [-0.2, 0) is 43.5 Å². The van der Waals surface area contributed by atoms with Gasteiger partial charge in [-0.3, -0.25) is 4.79 Å². The summed E-state index contributed by atoms with van der Waals surface area (Å²) < 4.78 is 16.0. The summed E-state index contributed by atoms with van der Waals surface area (Å²) in [7, 11) is 2.96. The molecule has 234 valence electrons. The van der Waals surface area contributed by atoms with E-state index in [0.717, 1.165) is 16.7 Å². The molecule has 10 heteroatoms. The lowest BCUT2D eigenvalue weighted by atomic mass is 9.78. The summed E-state index contributed by atoms with van der Waals surface area (Å²) in [5.41, 5.74) is 1.09. The number of hydrogen-bond acceptors (Lipinski definition) is 7. The molecule has 1 fully saturated rings. The maximum atomic E-state index is 14.2. The lowest BCUT2D eigenvalue weighted by Crippen LogP contribution is -2.53. The van der Waals surface area contributed by atoms with Crippen LogP contribution in [0.4, 0.5) is 9.59 Å².